The van der Waals surface area contributed by atoms with Gasteiger partial charge in [-0.3, -0.25) is 4.57 Å². The topological polar surface area (TPSA) is 105 Å². The first-order valence-electron chi connectivity index (χ1n) is 6.11. The van der Waals surface area contributed by atoms with Crippen LogP contribution in [0.15, 0.2) is 36.4 Å². The number of hydrogen-bond acceptors (Lipinski definition) is 5. The molecule has 2 aromatic heterocycles. The number of para-hydroxylation sites is 2. The number of aromatic carboxylic acids is 1. The molecule has 0 aliphatic heterocycles. The maximum atomic E-state index is 10.8. The van der Waals surface area contributed by atoms with Gasteiger partial charge in [0.1, 0.15) is 5.82 Å². The van der Waals surface area contributed by atoms with E-state index in [0.29, 0.717) is 11.6 Å². The molecule has 2 heterocycles. The first kappa shape index (κ1) is 12.7. The Morgan fingerprint density at radius 1 is 1.24 bits per heavy atom. The number of carbonyl (C=O) groups is 1. The Balaban J connectivity index is 2.20. The quantitative estimate of drug-likeness (QED) is 0.780. The number of fused-ring (bicyclic) bond motifs is 1. The molecule has 7 heteroatoms. The summed E-state index contributed by atoms with van der Waals surface area (Å²) in [6, 6.07) is 12.4. The Labute approximate surface area is 119 Å². The van der Waals surface area contributed by atoms with E-state index in [1.54, 1.807) is 10.6 Å². The fourth-order valence-electron chi connectivity index (χ4n) is 2.08. The highest BCUT2D eigenvalue weighted by atomic mass is 16.4. The van der Waals surface area contributed by atoms with E-state index < -0.39 is 5.97 Å². The first-order chi connectivity index (χ1) is 10.2. The molecule has 0 spiro atoms. The lowest BCUT2D eigenvalue weighted by Gasteiger charge is -2.05. The van der Waals surface area contributed by atoms with E-state index in [-0.39, 0.29) is 12.1 Å². The molecule has 0 radical (unpaired) electrons. The number of benzene rings is 1. The van der Waals surface area contributed by atoms with Gasteiger partial charge in [0.05, 0.1) is 23.5 Å². The van der Waals surface area contributed by atoms with Crippen LogP contribution in [0.1, 0.15) is 16.3 Å². The molecule has 0 fully saturated rings. The van der Waals surface area contributed by atoms with Crippen molar-refractivity contribution in [3.63, 3.8) is 0 Å². The van der Waals surface area contributed by atoms with Crippen LogP contribution in [0.5, 0.6) is 0 Å². The molecule has 0 unspecified atom stereocenters. The first-order valence-corrected chi connectivity index (χ1v) is 6.11. The molecule has 0 saturated heterocycles. The summed E-state index contributed by atoms with van der Waals surface area (Å²) in [5, 5.41) is 25.3. The summed E-state index contributed by atoms with van der Waals surface area (Å²) in [7, 11) is 0. The molecule has 1 N–H and O–H groups in total. The standard InChI is InChI=1S/C14H9N5O2/c15-8-7-12-16-9-3-1-2-4-11(9)19(12)13-6-5-10(14(20)21)17-18-13/h1-6H,7H2,(H,20,21). The minimum Gasteiger partial charge on any atom is -0.476 e. The Bertz CT molecular complexity index is 861. The number of nitriles is 1. The Morgan fingerprint density at radius 3 is 2.71 bits per heavy atom. The van der Waals surface area contributed by atoms with E-state index in [1.165, 1.54) is 6.07 Å². The van der Waals surface area contributed by atoms with Crippen molar-refractivity contribution in [1.29, 1.82) is 5.26 Å². The lowest BCUT2D eigenvalue weighted by molar-refractivity contribution is 0.0689. The second-order valence-corrected chi connectivity index (χ2v) is 4.27. The zero-order chi connectivity index (χ0) is 14.8. The van der Waals surface area contributed by atoms with E-state index in [9.17, 15) is 4.79 Å². The van der Waals surface area contributed by atoms with Crippen molar-refractivity contribution in [2.75, 3.05) is 0 Å². The van der Waals surface area contributed by atoms with E-state index in [2.05, 4.69) is 21.3 Å². The average Bonchev–Trinajstić information content (AvgIpc) is 2.85. The van der Waals surface area contributed by atoms with Crippen molar-refractivity contribution < 1.29 is 9.90 Å². The highest BCUT2D eigenvalue weighted by molar-refractivity contribution is 5.85. The highest BCUT2D eigenvalue weighted by Gasteiger charge is 2.14. The van der Waals surface area contributed by atoms with Crippen LogP contribution in [0.2, 0.25) is 0 Å². The van der Waals surface area contributed by atoms with E-state index >= 15 is 0 Å². The van der Waals surface area contributed by atoms with Gasteiger partial charge in [-0.1, -0.05) is 12.1 Å². The molecule has 0 aliphatic carbocycles. The summed E-state index contributed by atoms with van der Waals surface area (Å²) in [6.07, 6.45) is 0.122. The molecular weight excluding hydrogens is 270 g/mol. The Kier molecular flexibility index (Phi) is 3.04. The van der Waals surface area contributed by atoms with Crippen LogP contribution in [-0.4, -0.2) is 30.8 Å². The smallest absolute Gasteiger partial charge is 0.356 e. The minimum atomic E-state index is -1.14. The number of aromatic nitrogens is 4. The predicted octanol–water partition coefficient (Wildman–Crippen LogP) is 1.58. The van der Waals surface area contributed by atoms with Gasteiger partial charge in [0.15, 0.2) is 11.5 Å². The highest BCUT2D eigenvalue weighted by Crippen LogP contribution is 2.20. The van der Waals surface area contributed by atoms with E-state index in [1.807, 2.05) is 24.3 Å². The molecule has 0 atom stereocenters. The van der Waals surface area contributed by atoms with Crippen LogP contribution in [0.4, 0.5) is 0 Å². The van der Waals surface area contributed by atoms with Gasteiger partial charge in [-0.05, 0) is 24.3 Å². The van der Waals surface area contributed by atoms with Crippen molar-refractivity contribution in [3.05, 3.63) is 47.9 Å². The lowest BCUT2D eigenvalue weighted by Crippen LogP contribution is -2.07. The number of carboxylic acid groups (broad SMARTS) is 1. The predicted molar refractivity (Wildman–Crippen MR) is 72.9 cm³/mol. The summed E-state index contributed by atoms with van der Waals surface area (Å²) < 4.78 is 1.71. The van der Waals surface area contributed by atoms with Crippen LogP contribution < -0.4 is 0 Å². The molecular formula is C14H9N5O2. The minimum absolute atomic E-state index is 0.122. The van der Waals surface area contributed by atoms with Crippen molar-refractivity contribution in [3.8, 4) is 11.9 Å². The molecule has 3 aromatic rings. The molecule has 102 valence electrons. The van der Waals surface area contributed by atoms with Gasteiger partial charge >= 0.3 is 5.97 Å². The van der Waals surface area contributed by atoms with Crippen LogP contribution >= 0.6 is 0 Å². The van der Waals surface area contributed by atoms with Gasteiger partial charge in [-0.25, -0.2) is 9.78 Å². The van der Waals surface area contributed by atoms with Crippen molar-refractivity contribution >= 4 is 17.0 Å². The van der Waals surface area contributed by atoms with Gasteiger partial charge in [0, 0.05) is 0 Å². The second-order valence-electron chi connectivity index (χ2n) is 4.27. The number of hydrogen-bond donors (Lipinski definition) is 1. The SMILES string of the molecule is N#CCc1nc2ccccc2n1-c1ccc(C(=O)O)nn1. The number of imidazole rings is 1. The van der Waals surface area contributed by atoms with Crippen molar-refractivity contribution in [1.82, 2.24) is 19.7 Å². The molecule has 0 saturated carbocycles. The Hall–Kier alpha value is -3.27. The third-order valence-electron chi connectivity index (χ3n) is 2.97. The molecule has 0 aliphatic rings. The van der Waals surface area contributed by atoms with Gasteiger partial charge < -0.3 is 5.11 Å². The van der Waals surface area contributed by atoms with Gasteiger partial charge in [0.2, 0.25) is 0 Å². The summed E-state index contributed by atoms with van der Waals surface area (Å²) >= 11 is 0. The zero-order valence-electron chi connectivity index (χ0n) is 10.8. The van der Waals surface area contributed by atoms with E-state index in [4.69, 9.17) is 10.4 Å². The maximum absolute atomic E-state index is 10.8. The summed E-state index contributed by atoms with van der Waals surface area (Å²) in [4.78, 5) is 15.2. The summed E-state index contributed by atoms with van der Waals surface area (Å²) in [5.41, 5.74) is 1.40. The summed E-state index contributed by atoms with van der Waals surface area (Å²) in [6.45, 7) is 0. The number of nitrogens with zero attached hydrogens (tertiary/aromatic N) is 5. The monoisotopic (exact) mass is 279 g/mol. The number of carboxylic acids is 1. The van der Waals surface area contributed by atoms with Gasteiger partial charge in [-0.15, -0.1) is 10.2 Å². The average molecular weight is 279 g/mol. The lowest BCUT2D eigenvalue weighted by atomic mass is 10.3. The summed E-state index contributed by atoms with van der Waals surface area (Å²) in [5.74, 6) is -0.170. The molecule has 0 bridgehead atoms. The van der Waals surface area contributed by atoms with Crippen LogP contribution in [0, 0.1) is 11.3 Å². The maximum Gasteiger partial charge on any atom is 0.356 e. The number of rotatable bonds is 3. The third kappa shape index (κ3) is 2.19. The van der Waals surface area contributed by atoms with Gasteiger partial charge in [-0.2, -0.15) is 5.26 Å². The van der Waals surface area contributed by atoms with Crippen molar-refractivity contribution in [2.45, 2.75) is 6.42 Å². The fourth-order valence-corrected chi connectivity index (χ4v) is 2.08. The molecule has 0 amide bonds. The van der Waals surface area contributed by atoms with E-state index in [0.717, 1.165) is 11.0 Å². The van der Waals surface area contributed by atoms with Gasteiger partial charge in [0.25, 0.3) is 0 Å². The Morgan fingerprint density at radius 2 is 2.05 bits per heavy atom. The zero-order valence-corrected chi connectivity index (χ0v) is 10.8. The normalized spacial score (nSPS) is 10.4. The largest absolute Gasteiger partial charge is 0.476 e. The van der Waals surface area contributed by atoms with Crippen LogP contribution in [0.3, 0.4) is 0 Å². The molecule has 7 nitrogen and oxygen atoms in total. The molecule has 21 heavy (non-hydrogen) atoms. The second kappa shape index (κ2) is 5.02. The van der Waals surface area contributed by atoms with Crippen molar-refractivity contribution in [2.24, 2.45) is 0 Å². The van der Waals surface area contributed by atoms with Crippen LogP contribution in [-0.2, 0) is 6.42 Å². The van der Waals surface area contributed by atoms with Crippen LogP contribution in [0.25, 0.3) is 16.9 Å². The molecule has 1 aromatic carbocycles. The molecule has 3 rings (SSSR count). The fraction of sp³-hybridized carbons (Fsp3) is 0.0714. The third-order valence-corrected chi connectivity index (χ3v) is 2.97.